The van der Waals surface area contributed by atoms with Crippen LogP contribution in [0.5, 0.6) is 0 Å². The Morgan fingerprint density at radius 3 is 2.58 bits per heavy atom. The van der Waals surface area contributed by atoms with E-state index in [0.29, 0.717) is 12.0 Å². The summed E-state index contributed by atoms with van der Waals surface area (Å²) >= 11 is 0. The first-order chi connectivity index (χ1) is 5.74. The lowest BCUT2D eigenvalue weighted by molar-refractivity contribution is -0.174. The van der Waals surface area contributed by atoms with E-state index < -0.39 is 5.60 Å². The lowest BCUT2D eigenvalue weighted by Gasteiger charge is -2.51. The van der Waals surface area contributed by atoms with Crippen LogP contribution < -0.4 is 5.32 Å². The number of rotatable bonds is 3. The van der Waals surface area contributed by atoms with Crippen molar-refractivity contribution < 1.29 is 9.84 Å². The molecule has 0 aromatic carbocycles. The van der Waals surface area contributed by atoms with Crippen molar-refractivity contribution in [3.05, 3.63) is 0 Å². The maximum atomic E-state index is 10.0. The third kappa shape index (κ3) is 1.26. The zero-order valence-corrected chi connectivity index (χ0v) is 7.55. The highest BCUT2D eigenvalue weighted by Gasteiger charge is 2.50. The van der Waals surface area contributed by atoms with Gasteiger partial charge in [0.05, 0.1) is 11.7 Å². The van der Waals surface area contributed by atoms with Gasteiger partial charge in [-0.25, -0.2) is 0 Å². The molecule has 0 unspecified atom stereocenters. The largest absolute Gasteiger partial charge is 0.389 e. The molecular formula is C9H17NO2. The van der Waals surface area contributed by atoms with Gasteiger partial charge in [0.25, 0.3) is 0 Å². The zero-order valence-electron chi connectivity index (χ0n) is 7.55. The molecule has 0 radical (unpaired) electrons. The fourth-order valence-electron chi connectivity index (χ4n) is 2.08. The van der Waals surface area contributed by atoms with Gasteiger partial charge in [-0.15, -0.1) is 0 Å². The molecule has 1 saturated carbocycles. The molecule has 70 valence electrons. The highest BCUT2D eigenvalue weighted by Crippen LogP contribution is 2.41. The van der Waals surface area contributed by atoms with Gasteiger partial charge in [-0.05, 0) is 6.92 Å². The van der Waals surface area contributed by atoms with Crippen LogP contribution in [0, 0.1) is 5.92 Å². The summed E-state index contributed by atoms with van der Waals surface area (Å²) in [6, 6.07) is 0. The van der Waals surface area contributed by atoms with E-state index >= 15 is 0 Å². The van der Waals surface area contributed by atoms with E-state index in [1.807, 2.05) is 6.92 Å². The topological polar surface area (TPSA) is 41.5 Å². The molecular weight excluding hydrogens is 154 g/mol. The van der Waals surface area contributed by atoms with Crippen LogP contribution in [0.25, 0.3) is 0 Å². The maximum absolute atomic E-state index is 10.0. The quantitative estimate of drug-likeness (QED) is 0.634. The summed E-state index contributed by atoms with van der Waals surface area (Å²) < 4.78 is 5.41. The van der Waals surface area contributed by atoms with E-state index in [1.165, 1.54) is 0 Å². The molecule has 1 saturated heterocycles. The van der Waals surface area contributed by atoms with Gasteiger partial charge in [0.15, 0.2) is 0 Å². The molecule has 0 spiro atoms. The summed E-state index contributed by atoms with van der Waals surface area (Å²) in [5.74, 6) is 0.481. The molecule has 12 heavy (non-hydrogen) atoms. The Kier molecular flexibility index (Phi) is 2.10. The lowest BCUT2D eigenvalue weighted by atomic mass is 9.67. The Bertz CT molecular complexity index is 162. The first-order valence-electron chi connectivity index (χ1n) is 4.79. The molecule has 0 aromatic rings. The fourth-order valence-corrected chi connectivity index (χ4v) is 2.08. The minimum Gasteiger partial charge on any atom is -0.389 e. The van der Waals surface area contributed by atoms with Crippen LogP contribution in [-0.4, -0.2) is 36.5 Å². The average Bonchev–Trinajstić information content (AvgIpc) is 1.80. The predicted molar refractivity (Wildman–Crippen MR) is 46.0 cm³/mol. The highest BCUT2D eigenvalue weighted by molar-refractivity contribution is 5.03. The van der Waals surface area contributed by atoms with Gasteiger partial charge in [-0.2, -0.15) is 0 Å². The molecule has 2 rings (SSSR count). The molecule has 3 nitrogen and oxygen atoms in total. The van der Waals surface area contributed by atoms with Crippen molar-refractivity contribution >= 4 is 0 Å². The molecule has 0 atom stereocenters. The first-order valence-corrected chi connectivity index (χ1v) is 4.79. The maximum Gasteiger partial charge on any atom is 0.0749 e. The predicted octanol–water partition coefficient (Wildman–Crippen LogP) is 0.136. The van der Waals surface area contributed by atoms with Crippen LogP contribution in [0.1, 0.15) is 19.8 Å². The number of aliphatic hydroxyl groups is 1. The standard InChI is InChI=1S/C9H17NO2/c1-2-12-8-3-9(11,4-8)7-5-10-6-7/h7-8,10-11H,2-6H2,1H3. The van der Waals surface area contributed by atoms with Gasteiger partial charge in [0.2, 0.25) is 0 Å². The van der Waals surface area contributed by atoms with E-state index in [2.05, 4.69) is 5.32 Å². The van der Waals surface area contributed by atoms with E-state index in [-0.39, 0.29) is 0 Å². The van der Waals surface area contributed by atoms with E-state index in [1.54, 1.807) is 0 Å². The molecule has 2 aliphatic rings. The van der Waals surface area contributed by atoms with Crippen LogP contribution in [-0.2, 0) is 4.74 Å². The summed E-state index contributed by atoms with van der Waals surface area (Å²) in [6.07, 6.45) is 2.00. The van der Waals surface area contributed by atoms with Crippen LogP contribution in [0.15, 0.2) is 0 Å². The minimum absolute atomic E-state index is 0.320. The molecule has 1 aliphatic heterocycles. The van der Waals surface area contributed by atoms with E-state index in [0.717, 1.165) is 32.5 Å². The van der Waals surface area contributed by atoms with Gasteiger partial charge in [0.1, 0.15) is 0 Å². The average molecular weight is 171 g/mol. The van der Waals surface area contributed by atoms with Crippen LogP contribution in [0.3, 0.4) is 0 Å². The van der Waals surface area contributed by atoms with Crippen molar-refractivity contribution in [3.63, 3.8) is 0 Å². The number of hydrogen-bond acceptors (Lipinski definition) is 3. The Morgan fingerprint density at radius 2 is 2.17 bits per heavy atom. The van der Waals surface area contributed by atoms with Crippen molar-refractivity contribution in [2.24, 2.45) is 5.92 Å². The van der Waals surface area contributed by atoms with Crippen LogP contribution >= 0.6 is 0 Å². The van der Waals surface area contributed by atoms with Crippen molar-refractivity contribution in [3.8, 4) is 0 Å². The van der Waals surface area contributed by atoms with Crippen molar-refractivity contribution in [2.45, 2.75) is 31.5 Å². The molecule has 2 N–H and O–H groups in total. The Balaban J connectivity index is 1.77. The SMILES string of the molecule is CCOC1CC(O)(C2CNC2)C1. The lowest BCUT2D eigenvalue weighted by Crippen LogP contribution is -2.63. The van der Waals surface area contributed by atoms with Gasteiger partial charge < -0.3 is 15.2 Å². The molecule has 1 heterocycles. The Labute approximate surface area is 73.1 Å². The second-order valence-corrected chi connectivity index (χ2v) is 3.94. The second kappa shape index (κ2) is 2.98. The van der Waals surface area contributed by atoms with Crippen LogP contribution in [0.4, 0.5) is 0 Å². The number of hydrogen-bond donors (Lipinski definition) is 2. The van der Waals surface area contributed by atoms with Gasteiger partial charge in [-0.1, -0.05) is 0 Å². The molecule has 0 bridgehead atoms. The zero-order chi connectivity index (χ0) is 8.60. The molecule has 0 amide bonds. The molecule has 2 fully saturated rings. The van der Waals surface area contributed by atoms with Gasteiger partial charge in [0, 0.05) is 38.5 Å². The monoisotopic (exact) mass is 171 g/mol. The third-order valence-electron chi connectivity index (χ3n) is 3.11. The van der Waals surface area contributed by atoms with E-state index in [4.69, 9.17) is 4.74 Å². The van der Waals surface area contributed by atoms with Crippen molar-refractivity contribution in [2.75, 3.05) is 19.7 Å². The summed E-state index contributed by atoms with van der Waals surface area (Å²) in [5.41, 5.74) is -0.398. The second-order valence-electron chi connectivity index (χ2n) is 3.94. The smallest absolute Gasteiger partial charge is 0.0749 e. The number of ether oxygens (including phenoxy) is 1. The third-order valence-corrected chi connectivity index (χ3v) is 3.11. The normalized spacial score (nSPS) is 42.0. The summed E-state index contributed by atoms with van der Waals surface area (Å²) in [7, 11) is 0. The van der Waals surface area contributed by atoms with E-state index in [9.17, 15) is 5.11 Å². The summed E-state index contributed by atoms with van der Waals surface area (Å²) in [4.78, 5) is 0. The fraction of sp³-hybridized carbons (Fsp3) is 1.00. The molecule has 1 aliphatic carbocycles. The van der Waals surface area contributed by atoms with Crippen LogP contribution in [0.2, 0.25) is 0 Å². The summed E-state index contributed by atoms with van der Waals surface area (Å²) in [5, 5.41) is 13.2. The van der Waals surface area contributed by atoms with Crippen molar-refractivity contribution in [1.29, 1.82) is 0 Å². The van der Waals surface area contributed by atoms with Gasteiger partial charge >= 0.3 is 0 Å². The molecule has 3 heteroatoms. The van der Waals surface area contributed by atoms with Gasteiger partial charge in [-0.3, -0.25) is 0 Å². The molecule has 0 aromatic heterocycles. The van der Waals surface area contributed by atoms with Crippen molar-refractivity contribution in [1.82, 2.24) is 5.32 Å². The first kappa shape index (κ1) is 8.48. The Morgan fingerprint density at radius 1 is 1.50 bits per heavy atom. The summed E-state index contributed by atoms with van der Waals surface area (Å²) in [6.45, 7) is 4.73. The highest BCUT2D eigenvalue weighted by atomic mass is 16.5. The number of nitrogens with one attached hydrogen (secondary N) is 1. The Hall–Kier alpha value is -0.120. The minimum atomic E-state index is -0.398.